The van der Waals surface area contributed by atoms with Crippen molar-refractivity contribution in [2.75, 3.05) is 5.32 Å². The van der Waals surface area contributed by atoms with Crippen LogP contribution in [0, 0.1) is 18.8 Å². The summed E-state index contributed by atoms with van der Waals surface area (Å²) in [4.78, 5) is 4.29. The van der Waals surface area contributed by atoms with Crippen LogP contribution in [0.1, 0.15) is 22.3 Å². The van der Waals surface area contributed by atoms with Crippen molar-refractivity contribution >= 4 is 28.1 Å². The van der Waals surface area contributed by atoms with Gasteiger partial charge in [0.2, 0.25) is 0 Å². The van der Waals surface area contributed by atoms with Crippen molar-refractivity contribution < 1.29 is 17.7 Å². The molecule has 0 bridgehead atoms. The number of anilines is 2. The van der Waals surface area contributed by atoms with Crippen molar-refractivity contribution in [3.8, 4) is 11.8 Å². The van der Waals surface area contributed by atoms with Gasteiger partial charge < -0.3 is 9.84 Å². The molecule has 0 saturated carbocycles. The normalized spacial score (nSPS) is 11.5. The van der Waals surface area contributed by atoms with Gasteiger partial charge in [-0.15, -0.1) is 0 Å². The monoisotopic (exact) mass is 433 g/mol. The summed E-state index contributed by atoms with van der Waals surface area (Å²) >= 11 is 0. The van der Waals surface area contributed by atoms with Gasteiger partial charge in [-0.1, -0.05) is 29.1 Å². The van der Waals surface area contributed by atoms with Crippen LogP contribution in [0.25, 0.3) is 16.6 Å². The van der Waals surface area contributed by atoms with Crippen molar-refractivity contribution in [1.29, 1.82) is 0 Å². The first kappa shape index (κ1) is 19.6. The van der Waals surface area contributed by atoms with E-state index in [1.165, 1.54) is 12.1 Å². The molecule has 9 heteroatoms. The number of halogens is 3. The lowest BCUT2D eigenvalue weighted by atomic mass is 10.1. The average molecular weight is 433 g/mol. The maximum Gasteiger partial charge on any atom is 0.416 e. The molecule has 0 amide bonds. The Morgan fingerprint density at radius 2 is 1.97 bits per heavy atom. The largest absolute Gasteiger partial charge is 0.416 e. The number of alkyl halides is 3. The molecule has 0 radical (unpaired) electrons. The summed E-state index contributed by atoms with van der Waals surface area (Å²) in [5.74, 6) is 6.48. The molecular weight excluding hydrogens is 419 g/mol. The quantitative estimate of drug-likeness (QED) is 0.381. The van der Waals surface area contributed by atoms with Crippen LogP contribution in [-0.2, 0) is 6.18 Å². The third kappa shape index (κ3) is 3.52. The topological polar surface area (TPSA) is 68.2 Å². The maximum atomic E-state index is 13.0. The molecule has 32 heavy (non-hydrogen) atoms. The van der Waals surface area contributed by atoms with Gasteiger partial charge in [0.1, 0.15) is 0 Å². The lowest BCUT2D eigenvalue weighted by Crippen LogP contribution is -2.05. The summed E-state index contributed by atoms with van der Waals surface area (Å²) in [6.07, 6.45) is 0.639. The van der Waals surface area contributed by atoms with Gasteiger partial charge >= 0.3 is 6.18 Å². The van der Waals surface area contributed by atoms with Crippen molar-refractivity contribution in [2.24, 2.45) is 0 Å². The smallest absolute Gasteiger partial charge is 0.353 e. The SMILES string of the molecule is Cc1ccc2c(Nc3cccc(C(F)(F)F)c3)noc2c1C#Cc1cnn2cccnc12. The molecule has 0 saturated heterocycles. The second-order valence-electron chi connectivity index (χ2n) is 7.07. The Morgan fingerprint density at radius 1 is 1.09 bits per heavy atom. The first-order valence-electron chi connectivity index (χ1n) is 9.54. The van der Waals surface area contributed by atoms with Gasteiger partial charge in [0.15, 0.2) is 17.0 Å². The van der Waals surface area contributed by atoms with E-state index >= 15 is 0 Å². The number of nitrogens with one attached hydrogen (secondary N) is 1. The summed E-state index contributed by atoms with van der Waals surface area (Å²) in [7, 11) is 0. The van der Waals surface area contributed by atoms with E-state index in [1.54, 1.807) is 35.2 Å². The van der Waals surface area contributed by atoms with Gasteiger partial charge in [0.05, 0.1) is 28.3 Å². The average Bonchev–Trinajstić information content (AvgIpc) is 3.37. The molecular formula is C23H14F3N5O. The predicted molar refractivity (Wildman–Crippen MR) is 112 cm³/mol. The second kappa shape index (κ2) is 7.42. The number of hydrogen-bond donors (Lipinski definition) is 1. The number of aryl methyl sites for hydroxylation is 1. The number of fused-ring (bicyclic) bond motifs is 2. The molecule has 0 spiro atoms. The summed E-state index contributed by atoms with van der Waals surface area (Å²) in [6, 6.07) is 10.3. The molecule has 0 aliphatic carbocycles. The fraction of sp³-hybridized carbons (Fsp3) is 0.0870. The summed E-state index contributed by atoms with van der Waals surface area (Å²) in [5, 5.41) is 11.7. The van der Waals surface area contributed by atoms with Gasteiger partial charge in [-0.2, -0.15) is 18.3 Å². The zero-order valence-electron chi connectivity index (χ0n) is 16.6. The number of nitrogens with zero attached hydrogens (tertiary/aromatic N) is 4. The number of hydrogen-bond acceptors (Lipinski definition) is 5. The minimum atomic E-state index is -4.43. The third-order valence-corrected chi connectivity index (χ3v) is 4.90. The minimum absolute atomic E-state index is 0.251. The molecule has 0 atom stereocenters. The first-order valence-corrected chi connectivity index (χ1v) is 9.54. The van der Waals surface area contributed by atoms with Crippen molar-refractivity contribution in [2.45, 2.75) is 13.1 Å². The first-order chi connectivity index (χ1) is 15.4. The fourth-order valence-electron chi connectivity index (χ4n) is 3.30. The van der Waals surface area contributed by atoms with E-state index in [-0.39, 0.29) is 5.69 Å². The van der Waals surface area contributed by atoms with E-state index in [2.05, 4.69) is 32.4 Å². The number of benzene rings is 2. The lowest BCUT2D eigenvalue weighted by Gasteiger charge is -2.09. The standard InChI is InChI=1S/C23H14F3N5O/c1-14-6-8-19-20(18(14)9-7-15-13-28-31-11-3-10-27-22(15)31)32-30-21(19)29-17-5-2-4-16(12-17)23(24,25)26/h2-6,8,10-13H,1H3,(H,29,30). The van der Waals surface area contributed by atoms with Gasteiger partial charge in [-0.3, -0.25) is 0 Å². The van der Waals surface area contributed by atoms with Gasteiger partial charge in [0.25, 0.3) is 0 Å². The Balaban J connectivity index is 1.53. The van der Waals surface area contributed by atoms with Crippen molar-refractivity contribution in [1.82, 2.24) is 19.8 Å². The molecule has 0 fully saturated rings. The van der Waals surface area contributed by atoms with Gasteiger partial charge in [-0.25, -0.2) is 9.50 Å². The molecule has 5 aromatic rings. The zero-order chi connectivity index (χ0) is 22.3. The van der Waals surface area contributed by atoms with Crippen LogP contribution in [0.3, 0.4) is 0 Å². The van der Waals surface area contributed by atoms with Crippen LogP contribution >= 0.6 is 0 Å². The van der Waals surface area contributed by atoms with Gasteiger partial charge in [0, 0.05) is 18.1 Å². The van der Waals surface area contributed by atoms with Crippen molar-refractivity contribution in [3.05, 3.63) is 83.3 Å². The minimum Gasteiger partial charge on any atom is -0.353 e. The molecule has 6 nitrogen and oxygen atoms in total. The van der Waals surface area contributed by atoms with E-state index in [4.69, 9.17) is 4.52 Å². The van der Waals surface area contributed by atoms with Crippen LogP contribution in [0.15, 0.2) is 65.6 Å². The predicted octanol–water partition coefficient (Wildman–Crippen LogP) is 5.34. The maximum absolute atomic E-state index is 13.0. The highest BCUT2D eigenvalue weighted by Crippen LogP contribution is 2.33. The highest BCUT2D eigenvalue weighted by atomic mass is 19.4. The number of rotatable bonds is 2. The Kier molecular flexibility index (Phi) is 4.56. The molecule has 3 aromatic heterocycles. The lowest BCUT2D eigenvalue weighted by molar-refractivity contribution is -0.137. The summed E-state index contributed by atoms with van der Waals surface area (Å²) in [6.45, 7) is 1.89. The van der Waals surface area contributed by atoms with E-state index in [0.717, 1.165) is 17.7 Å². The van der Waals surface area contributed by atoms with Crippen LogP contribution in [0.2, 0.25) is 0 Å². The second-order valence-corrected chi connectivity index (χ2v) is 7.07. The molecule has 0 aliphatic rings. The summed E-state index contributed by atoms with van der Waals surface area (Å²) < 4.78 is 46.2. The highest BCUT2D eigenvalue weighted by Gasteiger charge is 2.30. The Hall–Kier alpha value is -4.32. The molecule has 5 rings (SSSR count). The van der Waals surface area contributed by atoms with Crippen LogP contribution in [0.4, 0.5) is 24.7 Å². The Morgan fingerprint density at radius 3 is 2.81 bits per heavy atom. The zero-order valence-corrected chi connectivity index (χ0v) is 16.6. The molecule has 0 aliphatic heterocycles. The number of aromatic nitrogens is 4. The van der Waals surface area contributed by atoms with E-state index in [0.29, 0.717) is 33.6 Å². The Labute approximate surface area is 179 Å². The fourth-order valence-corrected chi connectivity index (χ4v) is 3.30. The molecule has 1 N–H and O–H groups in total. The Bertz CT molecular complexity index is 1520. The van der Waals surface area contributed by atoms with Crippen LogP contribution < -0.4 is 5.32 Å². The summed E-state index contributed by atoms with van der Waals surface area (Å²) in [5.41, 5.74) is 2.73. The molecule has 0 unspecified atom stereocenters. The molecule has 3 heterocycles. The highest BCUT2D eigenvalue weighted by molar-refractivity contribution is 5.94. The molecule has 2 aromatic carbocycles. The van der Waals surface area contributed by atoms with E-state index in [9.17, 15) is 13.2 Å². The van der Waals surface area contributed by atoms with Crippen LogP contribution in [0.5, 0.6) is 0 Å². The van der Waals surface area contributed by atoms with Crippen LogP contribution in [-0.4, -0.2) is 19.8 Å². The van der Waals surface area contributed by atoms with Crippen molar-refractivity contribution in [3.63, 3.8) is 0 Å². The van der Waals surface area contributed by atoms with Gasteiger partial charge in [-0.05, 0) is 42.8 Å². The third-order valence-electron chi connectivity index (χ3n) is 4.90. The van der Waals surface area contributed by atoms with E-state index in [1.807, 2.05) is 13.0 Å². The molecule has 158 valence electrons. The van der Waals surface area contributed by atoms with E-state index < -0.39 is 11.7 Å².